The Labute approximate surface area is 102 Å². The van der Waals surface area contributed by atoms with Crippen molar-refractivity contribution in [1.29, 1.82) is 0 Å². The van der Waals surface area contributed by atoms with Crippen LogP contribution in [0.1, 0.15) is 39.8 Å². The Kier molecular flexibility index (Phi) is 4.28. The maximum absolute atomic E-state index is 11.5. The molecule has 0 saturated carbocycles. The molecule has 1 heterocycles. The number of aromatic nitrogens is 2. The third kappa shape index (κ3) is 5.49. The highest BCUT2D eigenvalue weighted by Gasteiger charge is 2.14. The molecule has 1 atom stereocenters. The molecule has 1 aromatic heterocycles. The van der Waals surface area contributed by atoms with Crippen LogP contribution in [0.25, 0.3) is 0 Å². The molecule has 0 aromatic carbocycles. The highest BCUT2D eigenvalue weighted by Crippen LogP contribution is 2.20. The van der Waals surface area contributed by atoms with Crippen LogP contribution < -0.4 is 11.1 Å². The van der Waals surface area contributed by atoms with Gasteiger partial charge in [0.25, 0.3) is 0 Å². The normalized spacial score (nSPS) is 13.5. The molecule has 1 rings (SSSR count). The number of nitrogens with zero attached hydrogens (tertiary/aromatic N) is 1. The molecular weight excluding hydrogens is 216 g/mol. The Morgan fingerprint density at radius 2 is 2.24 bits per heavy atom. The second-order valence-electron chi connectivity index (χ2n) is 5.75. The molecule has 96 valence electrons. The SMILES string of the molecule is CC(N)CC(=O)Nc1cc(CC(C)(C)C)[nH]n1. The molecule has 0 saturated heterocycles. The summed E-state index contributed by atoms with van der Waals surface area (Å²) in [5.41, 5.74) is 6.76. The van der Waals surface area contributed by atoms with Crippen LogP contribution in [0.4, 0.5) is 5.82 Å². The van der Waals surface area contributed by atoms with Gasteiger partial charge >= 0.3 is 0 Å². The smallest absolute Gasteiger partial charge is 0.227 e. The van der Waals surface area contributed by atoms with E-state index in [0.717, 1.165) is 12.1 Å². The fourth-order valence-corrected chi connectivity index (χ4v) is 1.57. The number of anilines is 1. The van der Waals surface area contributed by atoms with Gasteiger partial charge in [-0.3, -0.25) is 9.89 Å². The highest BCUT2D eigenvalue weighted by molar-refractivity contribution is 5.90. The van der Waals surface area contributed by atoms with E-state index in [1.165, 1.54) is 0 Å². The molecule has 5 heteroatoms. The lowest BCUT2D eigenvalue weighted by Crippen LogP contribution is -2.24. The first-order chi connectivity index (χ1) is 7.76. The van der Waals surface area contributed by atoms with Crippen molar-refractivity contribution in [3.05, 3.63) is 11.8 Å². The summed E-state index contributed by atoms with van der Waals surface area (Å²) in [4.78, 5) is 11.5. The largest absolute Gasteiger partial charge is 0.327 e. The summed E-state index contributed by atoms with van der Waals surface area (Å²) in [6, 6.07) is 1.73. The van der Waals surface area contributed by atoms with Crippen molar-refractivity contribution in [1.82, 2.24) is 10.2 Å². The molecule has 1 aromatic rings. The molecule has 1 unspecified atom stereocenters. The lowest BCUT2D eigenvalue weighted by Gasteiger charge is -2.15. The van der Waals surface area contributed by atoms with Gasteiger partial charge in [0.15, 0.2) is 5.82 Å². The van der Waals surface area contributed by atoms with E-state index in [4.69, 9.17) is 5.73 Å². The van der Waals surface area contributed by atoms with Crippen LogP contribution in [-0.4, -0.2) is 22.1 Å². The number of hydrogen-bond donors (Lipinski definition) is 3. The van der Waals surface area contributed by atoms with Gasteiger partial charge in [0, 0.05) is 24.2 Å². The van der Waals surface area contributed by atoms with Crippen LogP contribution in [0, 0.1) is 5.41 Å². The van der Waals surface area contributed by atoms with E-state index in [0.29, 0.717) is 12.2 Å². The van der Waals surface area contributed by atoms with Crippen LogP contribution >= 0.6 is 0 Å². The fourth-order valence-electron chi connectivity index (χ4n) is 1.57. The maximum Gasteiger partial charge on any atom is 0.227 e. The molecule has 1 amide bonds. The topological polar surface area (TPSA) is 83.8 Å². The van der Waals surface area contributed by atoms with Gasteiger partial charge < -0.3 is 11.1 Å². The third-order valence-electron chi connectivity index (χ3n) is 2.13. The summed E-state index contributed by atoms with van der Waals surface area (Å²) < 4.78 is 0. The minimum atomic E-state index is -0.136. The zero-order chi connectivity index (χ0) is 13.1. The Morgan fingerprint density at radius 3 is 2.76 bits per heavy atom. The van der Waals surface area contributed by atoms with E-state index in [1.54, 1.807) is 6.92 Å². The predicted molar refractivity (Wildman–Crippen MR) is 68.6 cm³/mol. The van der Waals surface area contributed by atoms with Crippen molar-refractivity contribution in [2.75, 3.05) is 5.32 Å². The standard InChI is InChI=1S/C12H22N4O/c1-8(13)5-11(17)14-10-6-9(15-16-10)7-12(2,3)4/h6,8H,5,7,13H2,1-4H3,(H2,14,15,16,17). The van der Waals surface area contributed by atoms with Gasteiger partial charge in [0.2, 0.25) is 5.91 Å². The third-order valence-corrected chi connectivity index (χ3v) is 2.13. The van der Waals surface area contributed by atoms with Gasteiger partial charge in [-0.2, -0.15) is 5.10 Å². The molecule has 0 radical (unpaired) electrons. The van der Waals surface area contributed by atoms with Gasteiger partial charge in [0.05, 0.1) is 0 Å². The summed E-state index contributed by atoms with van der Waals surface area (Å²) in [6.45, 7) is 8.27. The van der Waals surface area contributed by atoms with Gasteiger partial charge in [0.1, 0.15) is 0 Å². The van der Waals surface area contributed by atoms with E-state index in [9.17, 15) is 4.79 Å². The van der Waals surface area contributed by atoms with E-state index < -0.39 is 0 Å². The number of rotatable bonds is 4. The molecule has 5 nitrogen and oxygen atoms in total. The molecule has 4 N–H and O–H groups in total. The average molecular weight is 238 g/mol. The van der Waals surface area contributed by atoms with Crippen LogP contribution in [0.2, 0.25) is 0 Å². The monoisotopic (exact) mass is 238 g/mol. The van der Waals surface area contributed by atoms with Crippen LogP contribution in [0.3, 0.4) is 0 Å². The molecule has 0 bridgehead atoms. The van der Waals surface area contributed by atoms with Crippen molar-refractivity contribution < 1.29 is 4.79 Å². The molecule has 0 spiro atoms. The average Bonchev–Trinajstić information content (AvgIpc) is 2.46. The van der Waals surface area contributed by atoms with Crippen LogP contribution in [0.15, 0.2) is 6.07 Å². The molecule has 0 aliphatic heterocycles. The molecule has 0 aliphatic rings. The Morgan fingerprint density at radius 1 is 1.59 bits per heavy atom. The highest BCUT2D eigenvalue weighted by atomic mass is 16.1. The van der Waals surface area contributed by atoms with E-state index >= 15 is 0 Å². The quantitative estimate of drug-likeness (QED) is 0.746. The summed E-state index contributed by atoms with van der Waals surface area (Å²) in [5, 5.41) is 9.69. The first-order valence-electron chi connectivity index (χ1n) is 5.86. The number of carbonyl (C=O) groups is 1. The first kappa shape index (κ1) is 13.7. The number of nitrogens with one attached hydrogen (secondary N) is 2. The van der Waals surface area contributed by atoms with E-state index in [1.807, 2.05) is 6.07 Å². The number of carbonyl (C=O) groups excluding carboxylic acids is 1. The zero-order valence-corrected chi connectivity index (χ0v) is 11.0. The molecule has 0 aliphatic carbocycles. The second kappa shape index (κ2) is 5.31. The Bertz CT molecular complexity index is 376. The van der Waals surface area contributed by atoms with Crippen LogP contribution in [0.5, 0.6) is 0 Å². The summed E-state index contributed by atoms with van der Waals surface area (Å²) in [5.74, 6) is 0.462. The lowest BCUT2D eigenvalue weighted by molar-refractivity contribution is -0.116. The predicted octanol–water partition coefficient (Wildman–Crippen LogP) is 1.67. The van der Waals surface area contributed by atoms with E-state index in [2.05, 4.69) is 36.3 Å². The minimum Gasteiger partial charge on any atom is -0.327 e. The number of aromatic amines is 1. The number of hydrogen-bond acceptors (Lipinski definition) is 3. The molecular formula is C12H22N4O. The Balaban J connectivity index is 2.54. The number of amides is 1. The summed E-state index contributed by atoms with van der Waals surface area (Å²) >= 11 is 0. The van der Waals surface area contributed by atoms with Crippen molar-refractivity contribution >= 4 is 11.7 Å². The second-order valence-corrected chi connectivity index (χ2v) is 5.75. The molecule has 0 fully saturated rings. The van der Waals surface area contributed by atoms with Crippen molar-refractivity contribution in [2.45, 2.75) is 46.6 Å². The number of nitrogens with two attached hydrogens (primary N) is 1. The van der Waals surface area contributed by atoms with Gasteiger partial charge in [-0.05, 0) is 18.8 Å². The van der Waals surface area contributed by atoms with Gasteiger partial charge in [-0.15, -0.1) is 0 Å². The summed E-state index contributed by atoms with van der Waals surface area (Å²) in [6.07, 6.45) is 1.20. The zero-order valence-electron chi connectivity index (χ0n) is 11.0. The first-order valence-corrected chi connectivity index (χ1v) is 5.86. The van der Waals surface area contributed by atoms with E-state index in [-0.39, 0.29) is 17.4 Å². The van der Waals surface area contributed by atoms with Crippen molar-refractivity contribution in [3.8, 4) is 0 Å². The van der Waals surface area contributed by atoms with Crippen LogP contribution in [-0.2, 0) is 11.2 Å². The maximum atomic E-state index is 11.5. The van der Waals surface area contributed by atoms with Gasteiger partial charge in [-0.1, -0.05) is 20.8 Å². The fraction of sp³-hybridized carbons (Fsp3) is 0.667. The van der Waals surface area contributed by atoms with Crippen molar-refractivity contribution in [2.24, 2.45) is 11.1 Å². The summed E-state index contributed by atoms with van der Waals surface area (Å²) in [7, 11) is 0. The Hall–Kier alpha value is -1.36. The van der Waals surface area contributed by atoms with Crippen molar-refractivity contribution in [3.63, 3.8) is 0 Å². The number of H-pyrrole nitrogens is 1. The van der Waals surface area contributed by atoms with Gasteiger partial charge in [-0.25, -0.2) is 0 Å². The molecule has 17 heavy (non-hydrogen) atoms. The minimum absolute atomic E-state index is 0.103. The lowest BCUT2D eigenvalue weighted by atomic mass is 9.91.